The molecule has 0 bridgehead atoms. The monoisotopic (exact) mass is 576 g/mol. The molecular weight excluding hydrogens is 552 g/mol. The highest BCUT2D eigenvalue weighted by molar-refractivity contribution is 6.12. The van der Waals surface area contributed by atoms with Crippen LogP contribution >= 0.6 is 0 Å². The van der Waals surface area contributed by atoms with E-state index >= 15 is 0 Å². The molecule has 0 radical (unpaired) electrons. The molecule has 5 heteroatoms. The molecule has 0 aliphatic rings. The lowest BCUT2D eigenvalue weighted by molar-refractivity contribution is 0.669. The molecule has 6 aromatic carbocycles. The molecule has 45 heavy (non-hydrogen) atoms. The number of nitrogens with zero attached hydrogens (tertiary/aromatic N) is 4. The van der Waals surface area contributed by atoms with E-state index in [2.05, 4.69) is 78.9 Å². The summed E-state index contributed by atoms with van der Waals surface area (Å²) in [5.74, 6) is 1.68. The molecule has 0 amide bonds. The Bertz CT molecular complexity index is 2460. The minimum atomic E-state index is 0.519. The summed E-state index contributed by atoms with van der Waals surface area (Å²) in [7, 11) is 0. The van der Waals surface area contributed by atoms with E-state index in [-0.39, 0.29) is 0 Å². The Morgan fingerprint density at radius 3 is 2.04 bits per heavy atom. The number of hydrogen-bond donors (Lipinski definition) is 0. The van der Waals surface area contributed by atoms with Crippen molar-refractivity contribution in [2.45, 2.75) is 0 Å². The molecule has 0 saturated heterocycles. The zero-order valence-corrected chi connectivity index (χ0v) is 24.1. The van der Waals surface area contributed by atoms with E-state index < -0.39 is 0 Å². The molecule has 9 aromatic rings. The van der Waals surface area contributed by atoms with Crippen molar-refractivity contribution in [3.05, 3.63) is 146 Å². The predicted octanol–water partition coefficient (Wildman–Crippen LogP) is 10.1. The first-order chi connectivity index (χ1) is 22.3. The summed E-state index contributed by atoms with van der Waals surface area (Å²) in [5, 5.41) is 5.34. The topological polar surface area (TPSA) is 64.7 Å². The van der Waals surface area contributed by atoms with Crippen molar-refractivity contribution in [3.8, 4) is 45.4 Å². The highest BCUT2D eigenvalue weighted by Crippen LogP contribution is 2.38. The minimum absolute atomic E-state index is 0.519. The smallest absolute Gasteiger partial charge is 0.182 e. The first-order valence-electron chi connectivity index (χ1n) is 14.9. The van der Waals surface area contributed by atoms with E-state index in [1.807, 2.05) is 66.7 Å². The van der Waals surface area contributed by atoms with Crippen LogP contribution in [0.2, 0.25) is 0 Å². The second-order valence-electron chi connectivity index (χ2n) is 11.1. The van der Waals surface area contributed by atoms with Crippen LogP contribution in [0.1, 0.15) is 0 Å². The third-order valence-electron chi connectivity index (χ3n) is 8.32. The number of benzene rings is 6. The molecule has 0 spiro atoms. The Morgan fingerprint density at radius 1 is 0.400 bits per heavy atom. The molecular formula is C40H24N4O. The van der Waals surface area contributed by atoms with E-state index in [0.29, 0.717) is 23.2 Å². The highest BCUT2D eigenvalue weighted by Gasteiger charge is 2.19. The lowest BCUT2D eigenvalue weighted by Gasteiger charge is -2.10. The van der Waals surface area contributed by atoms with Gasteiger partial charge in [0.1, 0.15) is 16.9 Å². The summed E-state index contributed by atoms with van der Waals surface area (Å²) in [6.45, 7) is 0. The van der Waals surface area contributed by atoms with E-state index in [1.54, 1.807) is 0 Å². The van der Waals surface area contributed by atoms with E-state index in [4.69, 9.17) is 24.4 Å². The van der Waals surface area contributed by atoms with Crippen LogP contribution in [0.4, 0.5) is 0 Å². The molecule has 0 aliphatic heterocycles. The summed E-state index contributed by atoms with van der Waals surface area (Å²) < 4.78 is 6.42. The fraction of sp³-hybridized carbons (Fsp3) is 0. The maximum atomic E-state index is 6.42. The standard InChI is InChI=1S/C40H24N4O/c1-2-9-25(10-3-1)29-19-21-31-36(24-29)45-35-16-8-14-32(37(31)35)39-42-38(30-18-17-26-11-4-5-13-28(26)23-30)43-40(44-39)34-22-20-27-12-6-7-15-33(27)41-34/h1-24H. The maximum absolute atomic E-state index is 6.42. The summed E-state index contributed by atoms with van der Waals surface area (Å²) in [6.07, 6.45) is 0. The van der Waals surface area contributed by atoms with Gasteiger partial charge in [0.05, 0.1) is 5.52 Å². The average Bonchev–Trinajstić information content (AvgIpc) is 3.49. The van der Waals surface area contributed by atoms with Gasteiger partial charge in [-0.1, -0.05) is 109 Å². The Labute approximate surface area is 258 Å². The fourth-order valence-electron chi connectivity index (χ4n) is 6.08. The molecule has 0 fully saturated rings. The average molecular weight is 577 g/mol. The van der Waals surface area contributed by atoms with Crippen molar-refractivity contribution in [1.82, 2.24) is 19.9 Å². The number of rotatable bonds is 4. The van der Waals surface area contributed by atoms with Gasteiger partial charge in [0.2, 0.25) is 0 Å². The van der Waals surface area contributed by atoms with Crippen LogP contribution in [0.5, 0.6) is 0 Å². The normalized spacial score (nSPS) is 11.6. The summed E-state index contributed by atoms with van der Waals surface area (Å²) >= 11 is 0. The molecule has 0 N–H and O–H groups in total. The lowest BCUT2D eigenvalue weighted by Crippen LogP contribution is -2.01. The number of para-hydroxylation sites is 1. The third-order valence-corrected chi connectivity index (χ3v) is 8.32. The summed E-state index contributed by atoms with van der Waals surface area (Å²) in [5.41, 5.74) is 7.22. The molecule has 0 saturated carbocycles. The molecule has 0 atom stereocenters. The van der Waals surface area contributed by atoms with Gasteiger partial charge >= 0.3 is 0 Å². The van der Waals surface area contributed by atoms with Crippen LogP contribution in [0, 0.1) is 0 Å². The second-order valence-corrected chi connectivity index (χ2v) is 11.1. The predicted molar refractivity (Wildman–Crippen MR) is 182 cm³/mol. The van der Waals surface area contributed by atoms with E-state index in [0.717, 1.165) is 65.9 Å². The van der Waals surface area contributed by atoms with Crippen LogP contribution in [-0.2, 0) is 0 Å². The second kappa shape index (κ2) is 10.2. The number of furan rings is 1. The van der Waals surface area contributed by atoms with Gasteiger partial charge in [-0.15, -0.1) is 0 Å². The van der Waals surface area contributed by atoms with Crippen LogP contribution in [0.25, 0.3) is 89.0 Å². The zero-order chi connectivity index (χ0) is 29.7. The van der Waals surface area contributed by atoms with Crippen molar-refractivity contribution in [1.29, 1.82) is 0 Å². The molecule has 0 unspecified atom stereocenters. The van der Waals surface area contributed by atoms with Gasteiger partial charge in [0, 0.05) is 27.3 Å². The summed E-state index contributed by atoms with van der Waals surface area (Å²) in [6, 6.07) is 49.5. The van der Waals surface area contributed by atoms with E-state index in [9.17, 15) is 0 Å². The third kappa shape index (κ3) is 4.41. The number of pyridine rings is 1. The van der Waals surface area contributed by atoms with Gasteiger partial charge < -0.3 is 4.42 Å². The van der Waals surface area contributed by atoms with Crippen LogP contribution in [0.3, 0.4) is 0 Å². The number of aromatic nitrogens is 4. The molecule has 210 valence electrons. The van der Waals surface area contributed by atoms with Crippen molar-refractivity contribution < 1.29 is 4.42 Å². The van der Waals surface area contributed by atoms with Gasteiger partial charge in [-0.05, 0) is 58.3 Å². The molecule has 0 aliphatic carbocycles. The Kier molecular flexibility index (Phi) is 5.74. The number of fused-ring (bicyclic) bond motifs is 5. The van der Waals surface area contributed by atoms with Gasteiger partial charge in [-0.3, -0.25) is 0 Å². The van der Waals surface area contributed by atoms with Gasteiger partial charge in [0.15, 0.2) is 17.5 Å². The fourth-order valence-corrected chi connectivity index (χ4v) is 6.08. The SMILES string of the molecule is c1ccc(-c2ccc3c(c2)oc2cccc(-c4nc(-c5ccc6ccccc6c5)nc(-c5ccc6ccccc6n5)n4)c23)cc1. The van der Waals surface area contributed by atoms with Gasteiger partial charge in [-0.25, -0.2) is 19.9 Å². The van der Waals surface area contributed by atoms with Crippen molar-refractivity contribution in [3.63, 3.8) is 0 Å². The Morgan fingerprint density at radius 2 is 1.13 bits per heavy atom. The number of hydrogen-bond acceptors (Lipinski definition) is 5. The summed E-state index contributed by atoms with van der Waals surface area (Å²) in [4.78, 5) is 20.0. The lowest BCUT2D eigenvalue weighted by atomic mass is 10.0. The highest BCUT2D eigenvalue weighted by atomic mass is 16.3. The van der Waals surface area contributed by atoms with Crippen LogP contribution in [0.15, 0.2) is 150 Å². The van der Waals surface area contributed by atoms with Crippen molar-refractivity contribution >= 4 is 43.6 Å². The zero-order valence-electron chi connectivity index (χ0n) is 24.1. The Balaban J connectivity index is 1.27. The first-order valence-corrected chi connectivity index (χ1v) is 14.9. The van der Waals surface area contributed by atoms with Gasteiger partial charge in [0.25, 0.3) is 0 Å². The maximum Gasteiger partial charge on any atom is 0.182 e. The molecule has 3 heterocycles. The van der Waals surface area contributed by atoms with Crippen LogP contribution in [-0.4, -0.2) is 19.9 Å². The first kappa shape index (κ1) is 25.3. The molecule has 3 aromatic heterocycles. The Hall–Kier alpha value is -6.20. The van der Waals surface area contributed by atoms with Gasteiger partial charge in [-0.2, -0.15) is 0 Å². The minimum Gasteiger partial charge on any atom is -0.456 e. The van der Waals surface area contributed by atoms with Crippen LogP contribution < -0.4 is 0 Å². The molecule has 5 nitrogen and oxygen atoms in total. The van der Waals surface area contributed by atoms with Crippen molar-refractivity contribution in [2.75, 3.05) is 0 Å². The largest absolute Gasteiger partial charge is 0.456 e. The van der Waals surface area contributed by atoms with E-state index in [1.165, 1.54) is 0 Å². The quantitative estimate of drug-likeness (QED) is 0.209. The molecule has 9 rings (SSSR count). The van der Waals surface area contributed by atoms with Crippen molar-refractivity contribution in [2.24, 2.45) is 0 Å².